The van der Waals surface area contributed by atoms with Crippen molar-refractivity contribution in [2.45, 2.75) is 38.5 Å². The maximum Gasteiger partial charge on any atom is 0.0546 e. The quantitative estimate of drug-likeness (QED) is 0.166. The molecule has 264 valence electrons. The Morgan fingerprint density at radius 2 is 0.764 bits per heavy atom. The summed E-state index contributed by atoms with van der Waals surface area (Å²) in [5.74, 6) is 0. The largest absolute Gasteiger partial charge is 0.310 e. The average molecular weight is 706 g/mol. The van der Waals surface area contributed by atoms with Crippen molar-refractivity contribution < 1.29 is 0 Å². The van der Waals surface area contributed by atoms with Crippen molar-refractivity contribution in [2.24, 2.45) is 0 Å². The topological polar surface area (TPSA) is 3.24 Å². The highest BCUT2D eigenvalue weighted by molar-refractivity contribution is 5.98. The van der Waals surface area contributed by atoms with Gasteiger partial charge in [-0.2, -0.15) is 0 Å². The van der Waals surface area contributed by atoms with E-state index in [4.69, 9.17) is 0 Å². The van der Waals surface area contributed by atoms with Crippen molar-refractivity contribution in [3.05, 3.63) is 210 Å². The second-order valence-electron chi connectivity index (χ2n) is 16.1. The molecule has 0 unspecified atom stereocenters. The van der Waals surface area contributed by atoms with Crippen LogP contribution in [0.5, 0.6) is 0 Å². The van der Waals surface area contributed by atoms with Gasteiger partial charge in [0.2, 0.25) is 0 Å². The van der Waals surface area contributed by atoms with Gasteiger partial charge in [-0.05, 0) is 109 Å². The molecule has 1 heteroatoms. The van der Waals surface area contributed by atoms with E-state index in [2.05, 4.69) is 221 Å². The number of nitrogens with zero attached hydrogens (tertiary/aromatic N) is 1. The fourth-order valence-electron chi connectivity index (χ4n) is 9.44. The van der Waals surface area contributed by atoms with Crippen molar-refractivity contribution in [1.82, 2.24) is 0 Å². The molecule has 55 heavy (non-hydrogen) atoms. The van der Waals surface area contributed by atoms with Gasteiger partial charge in [0.15, 0.2) is 0 Å². The van der Waals surface area contributed by atoms with Crippen molar-refractivity contribution in [2.75, 3.05) is 4.90 Å². The Labute approximate surface area is 325 Å². The molecule has 2 aliphatic carbocycles. The first-order valence-corrected chi connectivity index (χ1v) is 19.4. The zero-order valence-electron chi connectivity index (χ0n) is 31.8. The van der Waals surface area contributed by atoms with E-state index in [1.54, 1.807) is 0 Å². The number of hydrogen-bond donors (Lipinski definition) is 0. The molecule has 8 aromatic rings. The minimum absolute atomic E-state index is 0.114. The lowest BCUT2D eigenvalue weighted by atomic mass is 9.81. The third-order valence-corrected chi connectivity index (χ3v) is 12.3. The molecule has 1 nitrogen and oxygen atoms in total. The van der Waals surface area contributed by atoms with E-state index in [-0.39, 0.29) is 10.8 Å². The zero-order valence-corrected chi connectivity index (χ0v) is 31.8. The molecule has 0 saturated heterocycles. The molecule has 0 fully saturated rings. The van der Waals surface area contributed by atoms with Crippen molar-refractivity contribution >= 4 is 17.1 Å². The van der Waals surface area contributed by atoms with Crippen molar-refractivity contribution in [3.63, 3.8) is 0 Å². The van der Waals surface area contributed by atoms with E-state index in [1.807, 2.05) is 0 Å². The number of fused-ring (bicyclic) bond motifs is 6. The van der Waals surface area contributed by atoms with Gasteiger partial charge in [0.1, 0.15) is 0 Å². The Bertz CT molecular complexity index is 2740. The molecule has 0 bridgehead atoms. The van der Waals surface area contributed by atoms with Gasteiger partial charge >= 0.3 is 0 Å². The van der Waals surface area contributed by atoms with Crippen molar-refractivity contribution in [1.29, 1.82) is 0 Å². The fourth-order valence-corrected chi connectivity index (χ4v) is 9.44. The fraction of sp³-hybridized carbons (Fsp3) is 0.111. The lowest BCUT2D eigenvalue weighted by Crippen LogP contribution is -2.17. The summed E-state index contributed by atoms with van der Waals surface area (Å²) >= 11 is 0. The molecule has 0 heterocycles. The summed E-state index contributed by atoms with van der Waals surface area (Å²) in [6, 6.07) is 69.6. The summed E-state index contributed by atoms with van der Waals surface area (Å²) in [6.45, 7) is 9.48. The number of benzene rings is 8. The van der Waals surface area contributed by atoms with Gasteiger partial charge in [-0.15, -0.1) is 0 Å². The van der Waals surface area contributed by atoms with Crippen LogP contribution in [0.3, 0.4) is 0 Å². The predicted octanol–water partition coefficient (Wildman–Crippen LogP) is 14.8. The first-order valence-electron chi connectivity index (χ1n) is 19.4. The molecule has 0 N–H and O–H groups in total. The molecule has 10 rings (SSSR count). The van der Waals surface area contributed by atoms with Gasteiger partial charge in [-0.25, -0.2) is 0 Å². The molecule has 8 aromatic carbocycles. The van der Waals surface area contributed by atoms with Crippen LogP contribution in [0.25, 0.3) is 55.6 Å². The predicted molar refractivity (Wildman–Crippen MR) is 233 cm³/mol. The maximum absolute atomic E-state index is 2.49. The molecule has 0 atom stereocenters. The maximum atomic E-state index is 2.49. The van der Waals surface area contributed by atoms with Crippen LogP contribution in [0.2, 0.25) is 0 Å². The van der Waals surface area contributed by atoms with E-state index in [0.717, 1.165) is 17.1 Å². The smallest absolute Gasteiger partial charge is 0.0546 e. The number of anilines is 3. The molecule has 0 aromatic heterocycles. The standard InChI is InChI=1S/C54H43N/c1-53(2)47-23-13-11-20-43(47)45-32-28-39(34-49(45)53)52-42(38-18-9-6-10-19-38)22-15-25-51(52)55(40-29-26-37(27-30-40)36-16-7-5-8-17-36)41-31-33-46-44-21-12-14-24-48(44)54(3,4)50(46)35-41/h5-35H,1-4H3. The van der Waals surface area contributed by atoms with Gasteiger partial charge in [-0.1, -0.05) is 179 Å². The van der Waals surface area contributed by atoms with Crippen LogP contribution in [0.4, 0.5) is 17.1 Å². The van der Waals surface area contributed by atoms with Crippen LogP contribution < -0.4 is 4.90 Å². The lowest BCUT2D eigenvalue weighted by Gasteiger charge is -2.31. The molecule has 0 radical (unpaired) electrons. The Kier molecular flexibility index (Phi) is 7.58. The zero-order chi connectivity index (χ0) is 37.3. The summed E-state index contributed by atoms with van der Waals surface area (Å²) < 4.78 is 0. The van der Waals surface area contributed by atoms with E-state index in [0.29, 0.717) is 0 Å². The Hall–Kier alpha value is -6.44. The third-order valence-electron chi connectivity index (χ3n) is 12.3. The van der Waals surface area contributed by atoms with Crippen LogP contribution in [0, 0.1) is 0 Å². The van der Waals surface area contributed by atoms with Crippen LogP contribution in [0.15, 0.2) is 188 Å². The molecular formula is C54H43N. The third kappa shape index (κ3) is 5.22. The summed E-state index contributed by atoms with van der Waals surface area (Å²) in [7, 11) is 0. The van der Waals surface area contributed by atoms with Crippen molar-refractivity contribution in [3.8, 4) is 55.6 Å². The van der Waals surface area contributed by atoms with Crippen LogP contribution in [-0.4, -0.2) is 0 Å². The first kappa shape index (κ1) is 33.2. The van der Waals surface area contributed by atoms with E-state index < -0.39 is 0 Å². The summed E-state index contributed by atoms with van der Waals surface area (Å²) in [6.07, 6.45) is 0. The molecule has 2 aliphatic rings. The van der Waals surface area contributed by atoms with Gasteiger partial charge < -0.3 is 4.90 Å². The van der Waals surface area contributed by atoms with Gasteiger partial charge in [-0.3, -0.25) is 0 Å². The minimum Gasteiger partial charge on any atom is -0.310 e. The van der Waals surface area contributed by atoms with Gasteiger partial charge in [0, 0.05) is 27.8 Å². The molecule has 0 saturated carbocycles. The van der Waals surface area contributed by atoms with Crippen LogP contribution in [-0.2, 0) is 10.8 Å². The van der Waals surface area contributed by atoms with Crippen LogP contribution >= 0.6 is 0 Å². The summed E-state index contributed by atoms with van der Waals surface area (Å²) in [5.41, 5.74) is 21.3. The van der Waals surface area contributed by atoms with E-state index in [9.17, 15) is 0 Å². The number of hydrogen-bond acceptors (Lipinski definition) is 1. The Morgan fingerprint density at radius 3 is 1.40 bits per heavy atom. The lowest BCUT2D eigenvalue weighted by molar-refractivity contribution is 0.660. The van der Waals surface area contributed by atoms with E-state index in [1.165, 1.54) is 77.9 Å². The van der Waals surface area contributed by atoms with E-state index >= 15 is 0 Å². The number of rotatable bonds is 6. The highest BCUT2D eigenvalue weighted by Gasteiger charge is 2.37. The van der Waals surface area contributed by atoms with Gasteiger partial charge in [0.05, 0.1) is 5.69 Å². The highest BCUT2D eigenvalue weighted by atomic mass is 15.1. The summed E-state index contributed by atoms with van der Waals surface area (Å²) in [5, 5.41) is 0. The molecule has 0 aliphatic heterocycles. The Morgan fingerprint density at radius 1 is 0.309 bits per heavy atom. The second kappa shape index (κ2) is 12.6. The monoisotopic (exact) mass is 705 g/mol. The first-order chi connectivity index (χ1) is 26.8. The molecule has 0 amide bonds. The van der Waals surface area contributed by atoms with Gasteiger partial charge in [0.25, 0.3) is 0 Å². The minimum atomic E-state index is -0.125. The normalized spacial score (nSPS) is 14.1. The Balaban J connectivity index is 1.22. The molecule has 0 spiro atoms. The average Bonchev–Trinajstić information content (AvgIpc) is 3.61. The SMILES string of the molecule is CC1(C)c2ccccc2-c2ccc(-c3c(-c4ccccc4)cccc3N(c3ccc(-c4ccccc4)cc3)c3ccc4c(c3)C(C)(C)c3ccccc3-4)cc21. The van der Waals surface area contributed by atoms with Crippen LogP contribution in [0.1, 0.15) is 49.9 Å². The molecular weight excluding hydrogens is 663 g/mol. The summed E-state index contributed by atoms with van der Waals surface area (Å²) in [4.78, 5) is 2.49. The highest BCUT2D eigenvalue weighted by Crippen LogP contribution is 2.54. The second-order valence-corrected chi connectivity index (χ2v) is 16.1.